The second kappa shape index (κ2) is 40.0. The predicted octanol–water partition coefficient (Wildman–Crippen LogP) is 8.94. The lowest BCUT2D eigenvalue weighted by molar-refractivity contribution is -0.161. The zero-order valence-corrected chi connectivity index (χ0v) is 36.3. The van der Waals surface area contributed by atoms with E-state index in [9.17, 15) is 34.4 Å². The number of hydrogen-bond acceptors (Lipinski definition) is 11. The summed E-state index contributed by atoms with van der Waals surface area (Å²) in [5.41, 5.74) is 0. The van der Waals surface area contributed by atoms with Crippen LogP contribution in [0.15, 0.2) is 109 Å². The van der Waals surface area contributed by atoms with E-state index in [1.165, 1.54) is 19.3 Å². The number of hydrogen-bond donors (Lipinski definition) is 5. The number of allylic oxidation sites excluding steroid dienone is 14. The molecule has 0 aliphatic rings. The molecule has 0 saturated heterocycles. The van der Waals surface area contributed by atoms with Crippen LogP contribution in [0.4, 0.5) is 0 Å². The van der Waals surface area contributed by atoms with Gasteiger partial charge in [0.05, 0.1) is 32.0 Å². The van der Waals surface area contributed by atoms with Crippen LogP contribution in [0.25, 0.3) is 0 Å². The maximum absolute atomic E-state index is 12.6. The molecule has 0 amide bonds. The van der Waals surface area contributed by atoms with Gasteiger partial charge in [0.15, 0.2) is 6.10 Å². The second-order valence-corrected chi connectivity index (χ2v) is 15.1. The average molecular weight is 849 g/mol. The van der Waals surface area contributed by atoms with E-state index in [0.29, 0.717) is 32.1 Å². The summed E-state index contributed by atoms with van der Waals surface area (Å²) in [6.07, 6.45) is 42.8. The third-order valence-corrected chi connectivity index (χ3v) is 9.04. The van der Waals surface area contributed by atoms with Crippen LogP contribution in [-0.4, -0.2) is 88.1 Å². The topological polar surface area (TPSA) is 189 Å². The normalized spacial score (nSPS) is 16.0. The van der Waals surface area contributed by atoms with Crippen molar-refractivity contribution >= 4 is 19.8 Å². The number of unbranched alkanes of at least 4 members (excludes halogenated alkanes) is 5. The lowest BCUT2D eigenvalue weighted by atomic mass is 10.1. The molecule has 0 radical (unpaired) electrons. The smallest absolute Gasteiger partial charge is 0.462 e. The minimum absolute atomic E-state index is 0.0127. The number of aliphatic hydroxyl groups excluding tert-OH is 4. The fraction of sp³-hybridized carbons (Fsp3) is 0.565. The highest BCUT2D eigenvalue weighted by molar-refractivity contribution is 7.47. The van der Waals surface area contributed by atoms with E-state index in [1.807, 2.05) is 37.3 Å². The van der Waals surface area contributed by atoms with Gasteiger partial charge in [-0.1, -0.05) is 136 Å². The van der Waals surface area contributed by atoms with Crippen LogP contribution in [-0.2, 0) is 32.7 Å². The van der Waals surface area contributed by atoms with Gasteiger partial charge in [-0.2, -0.15) is 0 Å². The van der Waals surface area contributed by atoms with Crippen LogP contribution in [0.1, 0.15) is 117 Å². The molecule has 0 aromatic rings. The van der Waals surface area contributed by atoms with Gasteiger partial charge in [0.25, 0.3) is 0 Å². The van der Waals surface area contributed by atoms with E-state index in [0.717, 1.165) is 38.5 Å². The fourth-order valence-corrected chi connectivity index (χ4v) is 5.58. The van der Waals surface area contributed by atoms with Crippen molar-refractivity contribution < 1.29 is 58.0 Å². The predicted molar refractivity (Wildman–Crippen MR) is 235 cm³/mol. The largest absolute Gasteiger partial charge is 0.472 e. The Hall–Kier alpha value is -3.45. The highest BCUT2D eigenvalue weighted by atomic mass is 31.2. The highest BCUT2D eigenvalue weighted by Gasteiger charge is 2.27. The van der Waals surface area contributed by atoms with Gasteiger partial charge in [-0.25, -0.2) is 4.57 Å². The van der Waals surface area contributed by atoms with Crippen LogP contribution in [0, 0.1) is 0 Å². The van der Waals surface area contributed by atoms with E-state index in [4.69, 9.17) is 19.1 Å². The van der Waals surface area contributed by atoms with Gasteiger partial charge < -0.3 is 34.8 Å². The first-order valence-electron chi connectivity index (χ1n) is 21.1. The summed E-state index contributed by atoms with van der Waals surface area (Å²) in [5, 5.41) is 38.3. The summed E-state index contributed by atoms with van der Waals surface area (Å²) in [4.78, 5) is 34.9. The van der Waals surface area contributed by atoms with Crippen molar-refractivity contribution in [1.82, 2.24) is 0 Å². The van der Waals surface area contributed by atoms with Gasteiger partial charge in [-0.05, 0) is 77.0 Å². The van der Waals surface area contributed by atoms with Crippen molar-refractivity contribution in [2.24, 2.45) is 0 Å². The number of phosphoric ester groups is 1. The second-order valence-electron chi connectivity index (χ2n) is 13.7. The summed E-state index contributed by atoms with van der Waals surface area (Å²) in [5.74, 6) is -1.15. The molecule has 13 heteroatoms. The van der Waals surface area contributed by atoms with Crippen LogP contribution in [0.2, 0.25) is 0 Å². The van der Waals surface area contributed by atoms with Gasteiger partial charge >= 0.3 is 19.8 Å². The van der Waals surface area contributed by atoms with E-state index < -0.39 is 70.6 Å². The fourth-order valence-electron chi connectivity index (χ4n) is 4.79. The molecule has 0 aliphatic heterocycles. The van der Waals surface area contributed by atoms with Crippen LogP contribution >= 0.6 is 7.82 Å². The Morgan fingerprint density at radius 1 is 0.593 bits per heavy atom. The molecule has 0 aromatic carbocycles. The lowest BCUT2D eigenvalue weighted by Gasteiger charge is -2.20. The van der Waals surface area contributed by atoms with Gasteiger partial charge in [0.1, 0.15) is 12.7 Å². The number of carbonyl (C=O) groups excluding carboxylic acids is 2. The van der Waals surface area contributed by atoms with E-state index in [-0.39, 0.29) is 12.8 Å². The molecule has 0 saturated carbocycles. The molecule has 0 aliphatic carbocycles. The maximum Gasteiger partial charge on any atom is 0.472 e. The molecular formula is C46H73O12P. The maximum atomic E-state index is 12.6. The van der Waals surface area contributed by atoms with Crippen LogP contribution < -0.4 is 0 Å². The Morgan fingerprint density at radius 2 is 1.12 bits per heavy atom. The average Bonchev–Trinajstić information content (AvgIpc) is 3.21. The summed E-state index contributed by atoms with van der Waals surface area (Å²) >= 11 is 0. The third kappa shape index (κ3) is 39.8. The van der Waals surface area contributed by atoms with Crippen molar-refractivity contribution in [3.63, 3.8) is 0 Å². The first-order chi connectivity index (χ1) is 28.5. The van der Waals surface area contributed by atoms with Crippen molar-refractivity contribution in [2.45, 2.75) is 141 Å². The number of rotatable bonds is 37. The Bertz CT molecular complexity index is 1380. The Labute approximate surface area is 353 Å². The quantitative estimate of drug-likeness (QED) is 0.0131. The van der Waals surface area contributed by atoms with Gasteiger partial charge in [0, 0.05) is 12.8 Å². The molecular weight excluding hydrogens is 775 g/mol. The zero-order valence-electron chi connectivity index (χ0n) is 35.4. The first-order valence-corrected chi connectivity index (χ1v) is 22.6. The number of esters is 2. The highest BCUT2D eigenvalue weighted by Crippen LogP contribution is 2.43. The van der Waals surface area contributed by atoms with Crippen molar-refractivity contribution in [1.29, 1.82) is 0 Å². The molecule has 12 nitrogen and oxygen atoms in total. The first kappa shape index (κ1) is 55.5. The number of aliphatic hydroxyl groups is 4. The van der Waals surface area contributed by atoms with Crippen molar-refractivity contribution in [2.75, 3.05) is 26.4 Å². The van der Waals surface area contributed by atoms with Crippen molar-refractivity contribution in [3.8, 4) is 0 Å². The molecule has 1 unspecified atom stereocenters. The molecule has 59 heavy (non-hydrogen) atoms. The SMILES string of the molecule is CC/C=C\C[C@H](O)/C=C/C=C\C=C\[C@H](O)C/C=C\C/C=C\CCC(=O)O[C@H](COC(=O)CCCC/C=C\C/C=C\C/C=C\CCCCC)COP(=O)(O)OC[C@@H](O)CO. The minimum Gasteiger partial charge on any atom is -0.462 e. The van der Waals surface area contributed by atoms with E-state index in [1.54, 1.807) is 42.5 Å². The number of carbonyl (C=O) groups is 2. The molecule has 334 valence electrons. The summed E-state index contributed by atoms with van der Waals surface area (Å²) in [6, 6.07) is 0. The zero-order chi connectivity index (χ0) is 43.7. The number of phosphoric acid groups is 1. The Kier molecular flexibility index (Phi) is 37.6. The summed E-state index contributed by atoms with van der Waals surface area (Å²) in [7, 11) is -4.68. The van der Waals surface area contributed by atoms with E-state index >= 15 is 0 Å². The van der Waals surface area contributed by atoms with Crippen molar-refractivity contribution in [3.05, 3.63) is 109 Å². The van der Waals surface area contributed by atoms with Crippen LogP contribution in [0.3, 0.4) is 0 Å². The van der Waals surface area contributed by atoms with Gasteiger partial charge in [-0.3, -0.25) is 18.6 Å². The molecule has 0 spiro atoms. The van der Waals surface area contributed by atoms with Gasteiger partial charge in [0.2, 0.25) is 0 Å². The molecule has 0 fully saturated rings. The van der Waals surface area contributed by atoms with E-state index in [2.05, 4.69) is 47.9 Å². The molecule has 0 aromatic heterocycles. The molecule has 0 rings (SSSR count). The molecule has 0 heterocycles. The Morgan fingerprint density at radius 3 is 1.69 bits per heavy atom. The molecule has 5 N–H and O–H groups in total. The minimum atomic E-state index is -4.68. The molecule has 5 atom stereocenters. The standard InChI is InChI=1S/C46H73O12P/c1-3-5-7-8-9-10-11-12-13-14-15-16-17-21-29-35-45(51)55-39-44(40-57-59(53,54)56-38-43(50)37-47)58-46(52)36-30-22-19-18-20-26-32-42(49)34-28-24-23-27-33-41(48)31-25-6-4-2/h6,9-10,12-13,15-16,19-20,22-28,33-34,41-44,47-50H,3-5,7-8,11,14,17-18,21,29-32,35-40H2,1-2H3,(H,53,54)/b10-9-,13-12-,16-15-,22-19-,24-23-,25-6-,26-20-,33-27+,34-28+/t41-,42+,43-,44+/m0/s1. The monoisotopic (exact) mass is 848 g/mol. The van der Waals surface area contributed by atoms with Gasteiger partial charge in [-0.15, -0.1) is 0 Å². The molecule has 0 bridgehead atoms. The summed E-state index contributed by atoms with van der Waals surface area (Å²) in [6.45, 7) is 1.87. The summed E-state index contributed by atoms with van der Waals surface area (Å²) < 4.78 is 32.5. The lowest BCUT2D eigenvalue weighted by Crippen LogP contribution is -2.29. The van der Waals surface area contributed by atoms with Crippen LogP contribution in [0.5, 0.6) is 0 Å². The number of ether oxygens (including phenoxy) is 2. The third-order valence-electron chi connectivity index (χ3n) is 8.09. The Balaban J connectivity index is 4.65.